The molecule has 7 nitrogen and oxygen atoms in total. The van der Waals surface area contributed by atoms with Gasteiger partial charge in [-0.2, -0.15) is 0 Å². The summed E-state index contributed by atoms with van der Waals surface area (Å²) in [4.78, 5) is 38.0. The minimum atomic E-state index is -0.796. The minimum Gasteiger partial charge on any atom is -0.419 e. The molecule has 9 heteroatoms. The molecule has 2 aromatic rings. The first-order valence-corrected chi connectivity index (χ1v) is 11.6. The third-order valence-electron chi connectivity index (χ3n) is 5.82. The van der Waals surface area contributed by atoms with Crippen LogP contribution in [0.5, 0.6) is 5.75 Å². The number of carbonyl (C=O) groups is 3. The van der Waals surface area contributed by atoms with Crippen LogP contribution in [0.15, 0.2) is 30.3 Å². The number of amides is 1. The molecule has 0 aliphatic carbocycles. The average molecular weight is 476 g/mol. The zero-order chi connectivity index (χ0) is 24.8. The number of hydrogen-bond donors (Lipinski definition) is 3. The van der Waals surface area contributed by atoms with Gasteiger partial charge in [-0.1, -0.05) is 27.7 Å². The number of nitrogens with two attached hydrogens (primary N) is 1. The molecule has 1 amide bonds. The van der Waals surface area contributed by atoms with E-state index in [9.17, 15) is 18.8 Å². The maximum atomic E-state index is 14.2. The molecular formula is C24H30FN3O4S. The minimum absolute atomic E-state index is 0.0223. The van der Waals surface area contributed by atoms with Crippen LogP contribution in [0.25, 0.3) is 0 Å². The summed E-state index contributed by atoms with van der Waals surface area (Å²) in [5, 5.41) is 10.2. The predicted molar refractivity (Wildman–Crippen MR) is 126 cm³/mol. The lowest BCUT2D eigenvalue weighted by molar-refractivity contribution is -0.134. The van der Waals surface area contributed by atoms with Crippen molar-refractivity contribution in [2.45, 2.75) is 53.0 Å². The van der Waals surface area contributed by atoms with Gasteiger partial charge in [0.2, 0.25) is 5.91 Å². The SMILES string of the molecule is CCC(CC)(Cc1ccc(C(=O)Oc2ccc(C(=N)N)cc2F)s1)C(=O)N[C@H](C=O)C(C)C. The molecule has 0 saturated carbocycles. The summed E-state index contributed by atoms with van der Waals surface area (Å²) >= 11 is 1.18. The Morgan fingerprint density at radius 3 is 2.42 bits per heavy atom. The highest BCUT2D eigenvalue weighted by Gasteiger charge is 2.37. The first-order valence-electron chi connectivity index (χ1n) is 10.8. The van der Waals surface area contributed by atoms with E-state index in [0.29, 0.717) is 19.3 Å². The van der Waals surface area contributed by atoms with Gasteiger partial charge in [-0.05, 0) is 55.5 Å². The van der Waals surface area contributed by atoms with E-state index in [-0.39, 0.29) is 33.9 Å². The summed E-state index contributed by atoms with van der Waals surface area (Å²) in [6.07, 6.45) is 2.27. The standard InChI is InChI=1S/C24H30FN3O4S/c1-5-24(6-2,23(31)28-18(13-29)14(3)4)12-16-8-10-20(33-16)22(30)32-19-9-7-15(21(26)27)11-17(19)25/h7-11,13-14,18H,5-6,12H2,1-4H3,(H3,26,27)(H,28,31)/t18-/m1/s1. The molecule has 0 aliphatic rings. The molecule has 0 aliphatic heterocycles. The number of carbonyl (C=O) groups excluding carboxylic acids is 3. The molecule has 0 fully saturated rings. The number of rotatable bonds is 11. The van der Waals surface area contributed by atoms with Gasteiger partial charge in [0.15, 0.2) is 11.6 Å². The second kappa shape index (κ2) is 11.2. The van der Waals surface area contributed by atoms with Crippen molar-refractivity contribution in [1.29, 1.82) is 5.41 Å². The fourth-order valence-electron chi connectivity index (χ4n) is 3.38. The van der Waals surface area contributed by atoms with Crippen molar-refractivity contribution in [2.24, 2.45) is 17.1 Å². The van der Waals surface area contributed by atoms with E-state index in [1.54, 1.807) is 12.1 Å². The van der Waals surface area contributed by atoms with E-state index in [2.05, 4.69) is 5.32 Å². The molecule has 1 aromatic carbocycles. The quantitative estimate of drug-likeness (QED) is 0.149. The summed E-state index contributed by atoms with van der Waals surface area (Å²) in [5.41, 5.74) is 4.80. The zero-order valence-corrected chi connectivity index (χ0v) is 20.1. The van der Waals surface area contributed by atoms with E-state index < -0.39 is 23.2 Å². The van der Waals surface area contributed by atoms with Crippen LogP contribution in [0.3, 0.4) is 0 Å². The Kier molecular flexibility index (Phi) is 8.87. The van der Waals surface area contributed by atoms with Gasteiger partial charge in [0, 0.05) is 10.4 Å². The first kappa shape index (κ1) is 26.2. The molecule has 2 rings (SSSR count). The Morgan fingerprint density at radius 2 is 1.91 bits per heavy atom. The molecule has 0 unspecified atom stereocenters. The third kappa shape index (κ3) is 6.25. The van der Waals surface area contributed by atoms with Crippen LogP contribution >= 0.6 is 11.3 Å². The molecule has 0 bridgehead atoms. The van der Waals surface area contributed by atoms with Crippen LogP contribution in [0, 0.1) is 22.6 Å². The van der Waals surface area contributed by atoms with E-state index >= 15 is 0 Å². The fraction of sp³-hybridized carbons (Fsp3) is 0.417. The van der Waals surface area contributed by atoms with Crippen molar-refractivity contribution >= 4 is 35.3 Å². The number of thiophene rings is 1. The summed E-state index contributed by atoms with van der Waals surface area (Å²) in [7, 11) is 0. The number of halogens is 1. The number of amidine groups is 1. The van der Waals surface area contributed by atoms with Crippen LogP contribution in [0.2, 0.25) is 0 Å². The van der Waals surface area contributed by atoms with Gasteiger partial charge in [-0.15, -0.1) is 11.3 Å². The van der Waals surface area contributed by atoms with E-state index in [0.717, 1.165) is 17.2 Å². The first-order chi connectivity index (χ1) is 15.6. The van der Waals surface area contributed by atoms with E-state index in [1.807, 2.05) is 27.7 Å². The van der Waals surface area contributed by atoms with Crippen LogP contribution in [-0.2, 0) is 16.0 Å². The van der Waals surface area contributed by atoms with Crippen molar-refractivity contribution in [3.8, 4) is 5.75 Å². The maximum Gasteiger partial charge on any atom is 0.353 e. The van der Waals surface area contributed by atoms with Crippen LogP contribution in [0.1, 0.15) is 60.6 Å². The summed E-state index contributed by atoms with van der Waals surface area (Å²) < 4.78 is 19.4. The molecular weight excluding hydrogens is 445 g/mol. The summed E-state index contributed by atoms with van der Waals surface area (Å²) in [6.45, 7) is 7.58. The van der Waals surface area contributed by atoms with Crippen molar-refractivity contribution in [3.05, 3.63) is 51.5 Å². The highest BCUT2D eigenvalue weighted by Crippen LogP contribution is 2.34. The Labute approximate surface area is 197 Å². The maximum absolute atomic E-state index is 14.2. The van der Waals surface area contributed by atoms with Gasteiger partial charge in [0.05, 0.1) is 11.5 Å². The lowest BCUT2D eigenvalue weighted by Gasteiger charge is -2.32. The normalized spacial score (nSPS) is 12.3. The Balaban J connectivity index is 2.17. The van der Waals surface area contributed by atoms with Crippen molar-refractivity contribution < 1.29 is 23.5 Å². The molecule has 0 spiro atoms. The third-order valence-corrected chi connectivity index (χ3v) is 6.88. The average Bonchev–Trinajstić information content (AvgIpc) is 3.25. The van der Waals surface area contributed by atoms with Crippen molar-refractivity contribution in [2.75, 3.05) is 0 Å². The van der Waals surface area contributed by atoms with Gasteiger partial charge in [-0.3, -0.25) is 10.2 Å². The van der Waals surface area contributed by atoms with Crippen molar-refractivity contribution in [1.82, 2.24) is 5.32 Å². The van der Waals surface area contributed by atoms with Gasteiger partial charge in [0.25, 0.3) is 0 Å². The molecule has 1 atom stereocenters. The van der Waals surface area contributed by atoms with Crippen molar-refractivity contribution in [3.63, 3.8) is 0 Å². The number of nitrogens with one attached hydrogen (secondary N) is 2. The van der Waals surface area contributed by atoms with Gasteiger partial charge >= 0.3 is 5.97 Å². The molecule has 178 valence electrons. The molecule has 0 radical (unpaired) electrons. The van der Waals surface area contributed by atoms with Crippen LogP contribution < -0.4 is 15.8 Å². The molecule has 1 aromatic heterocycles. The lowest BCUT2D eigenvalue weighted by atomic mass is 9.77. The Morgan fingerprint density at radius 1 is 1.24 bits per heavy atom. The number of nitrogen functional groups attached to an aromatic ring is 1. The molecule has 1 heterocycles. The molecule has 33 heavy (non-hydrogen) atoms. The largest absolute Gasteiger partial charge is 0.419 e. The summed E-state index contributed by atoms with van der Waals surface area (Å²) in [5.74, 6) is -2.28. The monoisotopic (exact) mass is 475 g/mol. The van der Waals surface area contributed by atoms with E-state index in [1.165, 1.54) is 23.5 Å². The number of benzene rings is 1. The van der Waals surface area contributed by atoms with Gasteiger partial charge < -0.3 is 20.6 Å². The lowest BCUT2D eigenvalue weighted by Crippen LogP contribution is -2.48. The smallest absolute Gasteiger partial charge is 0.353 e. The van der Waals surface area contributed by atoms with Gasteiger partial charge in [0.1, 0.15) is 17.0 Å². The zero-order valence-electron chi connectivity index (χ0n) is 19.2. The number of aldehydes is 1. The number of hydrogen-bond acceptors (Lipinski definition) is 6. The second-order valence-corrected chi connectivity index (χ2v) is 9.43. The molecule has 4 N–H and O–H groups in total. The Bertz CT molecular complexity index is 1030. The topological polar surface area (TPSA) is 122 Å². The van der Waals surface area contributed by atoms with Crippen LogP contribution in [0.4, 0.5) is 4.39 Å². The second-order valence-electron chi connectivity index (χ2n) is 8.26. The predicted octanol–water partition coefficient (Wildman–Crippen LogP) is 4.08. The number of esters is 1. The number of ether oxygens (including phenoxy) is 1. The highest BCUT2D eigenvalue weighted by molar-refractivity contribution is 7.14. The van der Waals surface area contributed by atoms with Crippen LogP contribution in [-0.4, -0.2) is 30.0 Å². The fourth-order valence-corrected chi connectivity index (χ4v) is 4.41. The highest BCUT2D eigenvalue weighted by atomic mass is 32.1. The molecule has 0 saturated heterocycles. The van der Waals surface area contributed by atoms with Gasteiger partial charge in [-0.25, -0.2) is 9.18 Å². The summed E-state index contributed by atoms with van der Waals surface area (Å²) in [6, 6.07) is 6.45. The Hall–Kier alpha value is -3.07. The van der Waals surface area contributed by atoms with E-state index in [4.69, 9.17) is 15.9 Å².